The topological polar surface area (TPSA) is 106 Å². The van der Waals surface area contributed by atoms with E-state index >= 15 is 0 Å². The average Bonchev–Trinajstić information content (AvgIpc) is 2.43. The zero-order valence-electron chi connectivity index (χ0n) is 10.3. The molecular formula is C12H14N2O5. The molecule has 0 fully saturated rings. The molecule has 0 saturated carbocycles. The molecule has 0 bridgehead atoms. The van der Waals surface area contributed by atoms with E-state index in [9.17, 15) is 14.4 Å². The van der Waals surface area contributed by atoms with Crippen LogP contribution in [0.15, 0.2) is 24.4 Å². The van der Waals surface area contributed by atoms with Gasteiger partial charge in [-0.25, -0.2) is 4.79 Å². The molecule has 7 heteroatoms. The van der Waals surface area contributed by atoms with Crippen LogP contribution in [0.3, 0.4) is 0 Å². The second kappa shape index (κ2) is 7.10. The highest BCUT2D eigenvalue weighted by Crippen LogP contribution is 2.02. The number of nitrogens with one attached hydrogen (secondary N) is 1. The van der Waals surface area contributed by atoms with Gasteiger partial charge in [0.25, 0.3) is 5.91 Å². The number of carbonyl (C=O) groups excluding carboxylic acids is 2. The molecule has 0 unspecified atom stereocenters. The van der Waals surface area contributed by atoms with Crippen LogP contribution in [0.25, 0.3) is 0 Å². The first-order chi connectivity index (χ1) is 9.04. The summed E-state index contributed by atoms with van der Waals surface area (Å²) < 4.78 is 4.41. The van der Waals surface area contributed by atoms with Gasteiger partial charge in [0.15, 0.2) is 0 Å². The third-order valence-corrected chi connectivity index (χ3v) is 2.37. The molecule has 0 aliphatic rings. The van der Waals surface area contributed by atoms with E-state index in [2.05, 4.69) is 15.0 Å². The molecular weight excluding hydrogens is 252 g/mol. The molecule has 0 spiro atoms. The van der Waals surface area contributed by atoms with E-state index in [1.54, 1.807) is 12.1 Å². The first-order valence-corrected chi connectivity index (χ1v) is 5.56. The van der Waals surface area contributed by atoms with Crippen molar-refractivity contribution in [1.29, 1.82) is 0 Å². The number of hydrogen-bond donors (Lipinski definition) is 2. The van der Waals surface area contributed by atoms with Crippen LogP contribution in [-0.2, 0) is 14.3 Å². The van der Waals surface area contributed by atoms with Crippen LogP contribution in [0.2, 0.25) is 0 Å². The number of amides is 1. The molecule has 7 nitrogen and oxygen atoms in total. The van der Waals surface area contributed by atoms with Gasteiger partial charge in [0.1, 0.15) is 11.7 Å². The van der Waals surface area contributed by atoms with Gasteiger partial charge in [-0.1, -0.05) is 6.07 Å². The van der Waals surface area contributed by atoms with Gasteiger partial charge in [-0.2, -0.15) is 0 Å². The van der Waals surface area contributed by atoms with Gasteiger partial charge >= 0.3 is 11.9 Å². The molecule has 1 rings (SSSR count). The number of nitrogens with zero attached hydrogens (tertiary/aromatic N) is 1. The summed E-state index contributed by atoms with van der Waals surface area (Å²) in [6, 6.07) is 3.57. The Bertz CT molecular complexity index is 460. The number of ether oxygens (including phenoxy) is 1. The quantitative estimate of drug-likeness (QED) is 0.713. The minimum atomic E-state index is -1.21. The Kier molecular flexibility index (Phi) is 5.46. The van der Waals surface area contributed by atoms with Crippen LogP contribution in [0, 0.1) is 0 Å². The molecule has 0 aliphatic carbocycles. The van der Waals surface area contributed by atoms with E-state index in [1.165, 1.54) is 19.4 Å². The van der Waals surface area contributed by atoms with E-state index in [4.69, 9.17) is 5.11 Å². The number of rotatable bonds is 6. The molecule has 0 aliphatic heterocycles. The lowest BCUT2D eigenvalue weighted by molar-refractivity contribution is -0.142. The van der Waals surface area contributed by atoms with E-state index in [0.29, 0.717) is 0 Å². The van der Waals surface area contributed by atoms with Crippen molar-refractivity contribution >= 4 is 17.8 Å². The summed E-state index contributed by atoms with van der Waals surface area (Å²) in [5.74, 6) is -2.34. The van der Waals surface area contributed by atoms with Crippen molar-refractivity contribution in [2.45, 2.75) is 18.9 Å². The predicted molar refractivity (Wildman–Crippen MR) is 64.4 cm³/mol. The SMILES string of the molecule is COC(=O)CC[C@@H](NC(=O)c1ccccn1)C(=O)O. The largest absolute Gasteiger partial charge is 0.480 e. The standard InChI is InChI=1S/C12H14N2O5/c1-19-10(15)6-5-9(12(17)18)14-11(16)8-4-2-3-7-13-8/h2-4,7,9H,5-6H2,1H3,(H,14,16)(H,17,18)/t9-/m1/s1. The lowest BCUT2D eigenvalue weighted by atomic mass is 10.1. The Morgan fingerprint density at radius 2 is 2.16 bits per heavy atom. The number of pyridine rings is 1. The van der Waals surface area contributed by atoms with Crippen LogP contribution in [0.1, 0.15) is 23.3 Å². The molecule has 102 valence electrons. The van der Waals surface area contributed by atoms with Crippen molar-refractivity contribution < 1.29 is 24.2 Å². The van der Waals surface area contributed by atoms with Crippen LogP contribution < -0.4 is 5.32 Å². The molecule has 0 aromatic carbocycles. The zero-order valence-corrected chi connectivity index (χ0v) is 10.3. The van der Waals surface area contributed by atoms with Gasteiger partial charge in [-0.15, -0.1) is 0 Å². The van der Waals surface area contributed by atoms with Gasteiger partial charge in [-0.05, 0) is 18.6 Å². The molecule has 1 amide bonds. The Morgan fingerprint density at radius 1 is 1.42 bits per heavy atom. The van der Waals surface area contributed by atoms with Crippen molar-refractivity contribution in [2.24, 2.45) is 0 Å². The lowest BCUT2D eigenvalue weighted by Crippen LogP contribution is -2.41. The molecule has 19 heavy (non-hydrogen) atoms. The normalized spacial score (nSPS) is 11.4. The van der Waals surface area contributed by atoms with Gasteiger partial charge in [0, 0.05) is 12.6 Å². The van der Waals surface area contributed by atoms with Crippen LogP contribution in [0.5, 0.6) is 0 Å². The van der Waals surface area contributed by atoms with Crippen molar-refractivity contribution in [3.8, 4) is 0 Å². The number of aliphatic carboxylic acids is 1. The van der Waals surface area contributed by atoms with E-state index in [1.807, 2.05) is 0 Å². The number of esters is 1. The van der Waals surface area contributed by atoms with Gasteiger partial charge in [-0.3, -0.25) is 14.6 Å². The number of aromatic nitrogens is 1. The van der Waals surface area contributed by atoms with Crippen molar-refractivity contribution in [3.05, 3.63) is 30.1 Å². The first-order valence-electron chi connectivity index (χ1n) is 5.56. The number of carboxylic acid groups (broad SMARTS) is 1. The minimum absolute atomic E-state index is 0.0411. The van der Waals surface area contributed by atoms with Crippen molar-refractivity contribution in [2.75, 3.05) is 7.11 Å². The predicted octanol–water partition coefficient (Wildman–Crippen LogP) is 0.218. The summed E-state index contributed by atoms with van der Waals surface area (Å²) in [7, 11) is 1.21. The Balaban J connectivity index is 2.61. The first kappa shape index (κ1) is 14.6. The van der Waals surface area contributed by atoms with Crippen molar-refractivity contribution in [3.63, 3.8) is 0 Å². The van der Waals surface area contributed by atoms with Gasteiger partial charge in [0.05, 0.1) is 7.11 Å². The lowest BCUT2D eigenvalue weighted by Gasteiger charge is -2.13. The molecule has 0 saturated heterocycles. The smallest absolute Gasteiger partial charge is 0.326 e. The van der Waals surface area contributed by atoms with Crippen molar-refractivity contribution in [1.82, 2.24) is 10.3 Å². The molecule has 0 radical (unpaired) electrons. The summed E-state index contributed by atoms with van der Waals surface area (Å²) in [4.78, 5) is 37.5. The van der Waals surface area contributed by atoms with Crippen LogP contribution >= 0.6 is 0 Å². The average molecular weight is 266 g/mol. The second-order valence-electron chi connectivity index (χ2n) is 3.69. The molecule has 2 N–H and O–H groups in total. The maximum Gasteiger partial charge on any atom is 0.326 e. The summed E-state index contributed by atoms with van der Waals surface area (Å²) in [5.41, 5.74) is 0.117. The molecule has 1 aromatic heterocycles. The van der Waals surface area contributed by atoms with Gasteiger partial charge in [0.2, 0.25) is 0 Å². The summed E-state index contributed by atoms with van der Waals surface area (Å²) >= 11 is 0. The zero-order chi connectivity index (χ0) is 14.3. The molecule has 1 heterocycles. The van der Waals surface area contributed by atoms with E-state index in [-0.39, 0.29) is 18.5 Å². The fourth-order valence-corrected chi connectivity index (χ4v) is 1.35. The fraction of sp³-hybridized carbons (Fsp3) is 0.333. The summed E-state index contributed by atoms with van der Waals surface area (Å²) in [5, 5.41) is 11.3. The second-order valence-corrected chi connectivity index (χ2v) is 3.69. The highest BCUT2D eigenvalue weighted by atomic mass is 16.5. The maximum atomic E-state index is 11.7. The van der Waals surface area contributed by atoms with Crippen LogP contribution in [0.4, 0.5) is 0 Å². The monoisotopic (exact) mass is 266 g/mol. The molecule has 1 aromatic rings. The third-order valence-electron chi connectivity index (χ3n) is 2.37. The third kappa shape index (κ3) is 4.74. The van der Waals surface area contributed by atoms with E-state index < -0.39 is 23.9 Å². The Hall–Kier alpha value is -2.44. The van der Waals surface area contributed by atoms with E-state index in [0.717, 1.165) is 0 Å². The summed E-state index contributed by atoms with van der Waals surface area (Å²) in [6.07, 6.45) is 1.30. The Morgan fingerprint density at radius 3 is 2.68 bits per heavy atom. The highest BCUT2D eigenvalue weighted by Gasteiger charge is 2.22. The number of methoxy groups -OCH3 is 1. The van der Waals surface area contributed by atoms with Gasteiger partial charge < -0.3 is 15.2 Å². The minimum Gasteiger partial charge on any atom is -0.480 e. The maximum absolute atomic E-state index is 11.7. The Labute approximate surface area is 109 Å². The number of carbonyl (C=O) groups is 3. The van der Waals surface area contributed by atoms with Crippen LogP contribution in [-0.4, -0.2) is 41.1 Å². The number of carboxylic acids is 1. The highest BCUT2D eigenvalue weighted by molar-refractivity contribution is 5.94. The summed E-state index contributed by atoms with van der Waals surface area (Å²) in [6.45, 7) is 0. The number of hydrogen-bond acceptors (Lipinski definition) is 5. The molecule has 1 atom stereocenters. The fourth-order valence-electron chi connectivity index (χ4n) is 1.35.